The first-order valence-corrected chi connectivity index (χ1v) is 7.61. The number of aryl methyl sites for hydroxylation is 2. The van der Waals surface area contributed by atoms with Crippen molar-refractivity contribution in [3.05, 3.63) is 23.5 Å². The molecule has 0 aliphatic heterocycles. The molecule has 0 radical (unpaired) electrons. The Morgan fingerprint density at radius 2 is 1.83 bits per heavy atom. The molecular formula is C16H29NO. The van der Waals surface area contributed by atoms with Gasteiger partial charge in [-0.3, -0.25) is 0 Å². The maximum absolute atomic E-state index is 8.80. The number of aliphatic hydroxyl groups is 1. The van der Waals surface area contributed by atoms with E-state index in [9.17, 15) is 0 Å². The largest absolute Gasteiger partial charge is 0.396 e. The summed E-state index contributed by atoms with van der Waals surface area (Å²) in [6.07, 6.45) is 11.7. The molecular weight excluding hydrogens is 222 g/mol. The number of aromatic nitrogens is 1. The van der Waals surface area contributed by atoms with Crippen LogP contribution in [0.15, 0.2) is 12.3 Å². The Morgan fingerprint density at radius 3 is 2.50 bits per heavy atom. The molecule has 0 spiro atoms. The predicted octanol–water partition coefficient (Wildman–Crippen LogP) is 3.95. The first-order valence-electron chi connectivity index (χ1n) is 7.61. The summed E-state index contributed by atoms with van der Waals surface area (Å²) in [5.41, 5.74) is 3.11. The van der Waals surface area contributed by atoms with Crippen molar-refractivity contribution in [2.75, 3.05) is 6.61 Å². The van der Waals surface area contributed by atoms with Crippen molar-refractivity contribution in [3.8, 4) is 0 Å². The molecule has 0 unspecified atom stereocenters. The van der Waals surface area contributed by atoms with E-state index in [1.807, 2.05) is 0 Å². The van der Waals surface area contributed by atoms with Crippen LogP contribution in [0.25, 0.3) is 0 Å². The molecule has 2 nitrogen and oxygen atoms in total. The highest BCUT2D eigenvalue weighted by Crippen LogP contribution is 2.17. The van der Waals surface area contributed by atoms with Gasteiger partial charge in [0.25, 0.3) is 0 Å². The molecule has 0 aliphatic rings. The van der Waals surface area contributed by atoms with Gasteiger partial charge >= 0.3 is 0 Å². The van der Waals surface area contributed by atoms with Crippen LogP contribution in [0.4, 0.5) is 0 Å². The van der Waals surface area contributed by atoms with Gasteiger partial charge in [-0.05, 0) is 50.2 Å². The SMILES string of the molecule is CCCCc1ccn(CCCCCO)c1CCC. The molecule has 0 aromatic carbocycles. The molecule has 0 aliphatic carbocycles. The zero-order chi connectivity index (χ0) is 13.2. The molecule has 0 bridgehead atoms. The van der Waals surface area contributed by atoms with E-state index in [4.69, 9.17) is 5.11 Å². The van der Waals surface area contributed by atoms with E-state index in [1.54, 1.807) is 11.3 Å². The maximum Gasteiger partial charge on any atom is 0.0431 e. The van der Waals surface area contributed by atoms with Gasteiger partial charge in [0.2, 0.25) is 0 Å². The summed E-state index contributed by atoms with van der Waals surface area (Å²) < 4.78 is 2.44. The highest BCUT2D eigenvalue weighted by Gasteiger charge is 2.07. The molecule has 0 fully saturated rings. The fraction of sp³-hybridized carbons (Fsp3) is 0.750. The second-order valence-corrected chi connectivity index (χ2v) is 5.12. The van der Waals surface area contributed by atoms with E-state index < -0.39 is 0 Å². The van der Waals surface area contributed by atoms with Crippen LogP contribution < -0.4 is 0 Å². The number of rotatable bonds is 10. The Balaban J connectivity index is 2.56. The number of nitrogens with zero attached hydrogens (tertiary/aromatic N) is 1. The molecule has 1 heterocycles. The van der Waals surface area contributed by atoms with Gasteiger partial charge < -0.3 is 9.67 Å². The summed E-state index contributed by atoms with van der Waals surface area (Å²) in [4.78, 5) is 0. The highest BCUT2D eigenvalue weighted by molar-refractivity contribution is 5.23. The van der Waals surface area contributed by atoms with Crippen LogP contribution in [-0.2, 0) is 19.4 Å². The van der Waals surface area contributed by atoms with Crippen molar-refractivity contribution in [2.45, 2.75) is 71.8 Å². The van der Waals surface area contributed by atoms with Gasteiger partial charge in [0, 0.05) is 25.0 Å². The van der Waals surface area contributed by atoms with E-state index in [-0.39, 0.29) is 0 Å². The van der Waals surface area contributed by atoms with Crippen molar-refractivity contribution >= 4 is 0 Å². The van der Waals surface area contributed by atoms with Crippen LogP contribution in [0, 0.1) is 0 Å². The zero-order valence-corrected chi connectivity index (χ0v) is 12.1. The molecule has 1 aromatic rings. The van der Waals surface area contributed by atoms with E-state index in [2.05, 4.69) is 30.7 Å². The van der Waals surface area contributed by atoms with Gasteiger partial charge in [0.1, 0.15) is 0 Å². The van der Waals surface area contributed by atoms with Gasteiger partial charge in [-0.1, -0.05) is 26.7 Å². The quantitative estimate of drug-likeness (QED) is 0.626. The first-order chi connectivity index (χ1) is 8.83. The fourth-order valence-corrected chi connectivity index (χ4v) is 2.47. The van der Waals surface area contributed by atoms with Crippen LogP contribution in [0.2, 0.25) is 0 Å². The third kappa shape index (κ3) is 4.85. The van der Waals surface area contributed by atoms with Crippen LogP contribution in [-0.4, -0.2) is 16.3 Å². The number of hydrogen-bond acceptors (Lipinski definition) is 1. The third-order valence-electron chi connectivity index (χ3n) is 3.52. The summed E-state index contributed by atoms with van der Waals surface area (Å²) in [6, 6.07) is 2.31. The van der Waals surface area contributed by atoms with Crippen molar-refractivity contribution in [2.24, 2.45) is 0 Å². The van der Waals surface area contributed by atoms with E-state index >= 15 is 0 Å². The topological polar surface area (TPSA) is 25.2 Å². The molecule has 2 heteroatoms. The Morgan fingerprint density at radius 1 is 1.00 bits per heavy atom. The monoisotopic (exact) mass is 251 g/mol. The molecule has 1 aromatic heterocycles. The lowest BCUT2D eigenvalue weighted by Crippen LogP contribution is -2.04. The zero-order valence-electron chi connectivity index (χ0n) is 12.1. The standard InChI is InChI=1S/C16H29NO/c1-3-5-10-15-11-13-17(16(15)9-4-2)12-7-6-8-14-18/h11,13,18H,3-10,12,14H2,1-2H3. The Hall–Kier alpha value is -0.760. The summed E-state index contributed by atoms with van der Waals surface area (Å²) in [5.74, 6) is 0. The second kappa shape index (κ2) is 9.21. The van der Waals surface area contributed by atoms with E-state index in [1.165, 1.54) is 38.5 Å². The normalized spacial score (nSPS) is 11.1. The van der Waals surface area contributed by atoms with Crippen LogP contribution in [0.1, 0.15) is 63.6 Å². The molecule has 1 rings (SSSR count). The van der Waals surface area contributed by atoms with Crippen molar-refractivity contribution in [1.82, 2.24) is 4.57 Å². The van der Waals surface area contributed by atoms with Gasteiger partial charge in [-0.25, -0.2) is 0 Å². The Kier molecular flexibility index (Phi) is 7.83. The van der Waals surface area contributed by atoms with Gasteiger partial charge in [-0.15, -0.1) is 0 Å². The summed E-state index contributed by atoms with van der Waals surface area (Å²) in [7, 11) is 0. The van der Waals surface area contributed by atoms with Crippen LogP contribution >= 0.6 is 0 Å². The maximum atomic E-state index is 8.80. The molecule has 0 amide bonds. The highest BCUT2D eigenvalue weighted by atomic mass is 16.2. The minimum absolute atomic E-state index is 0.329. The number of hydrogen-bond donors (Lipinski definition) is 1. The minimum Gasteiger partial charge on any atom is -0.396 e. The van der Waals surface area contributed by atoms with Crippen molar-refractivity contribution in [1.29, 1.82) is 0 Å². The van der Waals surface area contributed by atoms with E-state index in [0.717, 1.165) is 19.4 Å². The Bertz CT molecular complexity index is 317. The summed E-state index contributed by atoms with van der Waals surface area (Å²) >= 11 is 0. The van der Waals surface area contributed by atoms with Crippen LogP contribution in [0.3, 0.4) is 0 Å². The third-order valence-corrected chi connectivity index (χ3v) is 3.52. The number of unbranched alkanes of at least 4 members (excludes halogenated alkanes) is 3. The lowest BCUT2D eigenvalue weighted by molar-refractivity contribution is 0.281. The lowest BCUT2D eigenvalue weighted by atomic mass is 10.1. The number of aliphatic hydroxyl groups excluding tert-OH is 1. The average molecular weight is 251 g/mol. The summed E-state index contributed by atoms with van der Waals surface area (Å²) in [6.45, 7) is 5.95. The average Bonchev–Trinajstić information content (AvgIpc) is 2.75. The Labute approximate surface area is 112 Å². The molecule has 0 saturated carbocycles. The van der Waals surface area contributed by atoms with Gasteiger partial charge in [-0.2, -0.15) is 0 Å². The van der Waals surface area contributed by atoms with Gasteiger partial charge in [0.15, 0.2) is 0 Å². The molecule has 0 saturated heterocycles. The molecule has 0 atom stereocenters. The molecule has 1 N–H and O–H groups in total. The second-order valence-electron chi connectivity index (χ2n) is 5.12. The fourth-order valence-electron chi connectivity index (χ4n) is 2.47. The van der Waals surface area contributed by atoms with Gasteiger partial charge in [0.05, 0.1) is 0 Å². The molecule has 104 valence electrons. The van der Waals surface area contributed by atoms with Crippen molar-refractivity contribution in [3.63, 3.8) is 0 Å². The summed E-state index contributed by atoms with van der Waals surface area (Å²) in [5, 5.41) is 8.80. The smallest absolute Gasteiger partial charge is 0.0431 e. The first kappa shape index (κ1) is 15.3. The predicted molar refractivity (Wildman–Crippen MR) is 78.0 cm³/mol. The van der Waals surface area contributed by atoms with E-state index in [0.29, 0.717) is 6.61 Å². The lowest BCUT2D eigenvalue weighted by Gasteiger charge is -2.11. The van der Waals surface area contributed by atoms with Crippen molar-refractivity contribution < 1.29 is 5.11 Å². The molecule has 18 heavy (non-hydrogen) atoms. The van der Waals surface area contributed by atoms with Crippen LogP contribution in [0.5, 0.6) is 0 Å². The minimum atomic E-state index is 0.329.